The van der Waals surface area contributed by atoms with Crippen LogP contribution in [-0.2, 0) is 16.0 Å². The number of carbonyl (C=O) groups is 1. The van der Waals surface area contributed by atoms with Crippen molar-refractivity contribution in [3.63, 3.8) is 0 Å². The van der Waals surface area contributed by atoms with Gasteiger partial charge in [-0.05, 0) is 27.6 Å². The first-order valence-corrected chi connectivity index (χ1v) is 4.72. The highest BCUT2D eigenvalue weighted by atomic mass is 79.9. The Kier molecular flexibility index (Phi) is 3.66. The molecule has 0 saturated carbocycles. The Morgan fingerprint density at radius 1 is 1.64 bits per heavy atom. The van der Waals surface area contributed by atoms with E-state index in [1.54, 1.807) is 18.2 Å². The molecule has 3 nitrogen and oxygen atoms in total. The molecule has 0 aromatic heterocycles. The van der Waals surface area contributed by atoms with Crippen molar-refractivity contribution >= 4 is 21.9 Å². The molecule has 0 radical (unpaired) electrons. The highest BCUT2D eigenvalue weighted by Gasteiger charge is 2.09. The Morgan fingerprint density at radius 2 is 2.36 bits per heavy atom. The van der Waals surface area contributed by atoms with Crippen LogP contribution in [-0.4, -0.2) is 13.1 Å². The largest absolute Gasteiger partial charge is 0.469 e. The summed E-state index contributed by atoms with van der Waals surface area (Å²) >= 11 is 3.27. The molecule has 0 unspecified atom stereocenters. The number of methoxy groups -OCH3 is 1. The molecule has 0 N–H and O–H groups in total. The molecular weight excluding hydrogens is 246 g/mol. The second kappa shape index (κ2) is 4.77. The van der Waals surface area contributed by atoms with Crippen molar-refractivity contribution in [1.29, 1.82) is 5.26 Å². The number of esters is 1. The van der Waals surface area contributed by atoms with Gasteiger partial charge in [-0.25, -0.2) is 0 Å². The molecule has 0 heterocycles. The van der Waals surface area contributed by atoms with Gasteiger partial charge in [0.05, 0.1) is 19.1 Å². The van der Waals surface area contributed by atoms with Crippen molar-refractivity contribution in [3.8, 4) is 6.07 Å². The monoisotopic (exact) mass is 253 g/mol. The van der Waals surface area contributed by atoms with Crippen LogP contribution in [0.5, 0.6) is 0 Å². The van der Waals surface area contributed by atoms with E-state index in [2.05, 4.69) is 20.7 Å². The van der Waals surface area contributed by atoms with Crippen LogP contribution < -0.4 is 0 Å². The van der Waals surface area contributed by atoms with Crippen LogP contribution >= 0.6 is 15.9 Å². The van der Waals surface area contributed by atoms with Crippen molar-refractivity contribution in [2.24, 2.45) is 0 Å². The van der Waals surface area contributed by atoms with Gasteiger partial charge in [0.2, 0.25) is 0 Å². The normalized spacial score (nSPS) is 9.21. The van der Waals surface area contributed by atoms with Crippen LogP contribution in [0.2, 0.25) is 0 Å². The van der Waals surface area contributed by atoms with E-state index >= 15 is 0 Å². The van der Waals surface area contributed by atoms with Gasteiger partial charge >= 0.3 is 5.97 Å². The summed E-state index contributed by atoms with van der Waals surface area (Å²) in [4.78, 5) is 11.0. The van der Waals surface area contributed by atoms with E-state index in [1.807, 2.05) is 6.07 Å². The Balaban J connectivity index is 2.99. The average Bonchev–Trinajstić information content (AvgIpc) is 2.21. The summed E-state index contributed by atoms with van der Waals surface area (Å²) in [5.41, 5.74) is 1.28. The molecule has 0 bridgehead atoms. The highest BCUT2D eigenvalue weighted by molar-refractivity contribution is 9.10. The minimum absolute atomic E-state index is 0.173. The molecule has 0 aliphatic carbocycles. The smallest absolute Gasteiger partial charge is 0.310 e. The lowest BCUT2D eigenvalue weighted by atomic mass is 10.1. The maximum Gasteiger partial charge on any atom is 0.310 e. The van der Waals surface area contributed by atoms with Gasteiger partial charge in [0.25, 0.3) is 0 Å². The first-order valence-electron chi connectivity index (χ1n) is 3.93. The maximum atomic E-state index is 11.0. The zero-order chi connectivity index (χ0) is 10.6. The number of benzene rings is 1. The van der Waals surface area contributed by atoms with Gasteiger partial charge in [-0.15, -0.1) is 0 Å². The Bertz CT molecular complexity index is 396. The lowest BCUT2D eigenvalue weighted by molar-refractivity contribution is -0.139. The van der Waals surface area contributed by atoms with Crippen LogP contribution in [0.15, 0.2) is 22.7 Å². The number of halogens is 1. The molecule has 0 fully saturated rings. The number of carbonyl (C=O) groups excluding carboxylic acids is 1. The molecule has 0 saturated heterocycles. The fourth-order valence-electron chi connectivity index (χ4n) is 1.03. The molecule has 4 heteroatoms. The highest BCUT2D eigenvalue weighted by Crippen LogP contribution is 2.21. The van der Waals surface area contributed by atoms with Crippen LogP contribution in [0.1, 0.15) is 11.1 Å². The minimum Gasteiger partial charge on any atom is -0.469 e. The van der Waals surface area contributed by atoms with E-state index < -0.39 is 0 Å². The van der Waals surface area contributed by atoms with E-state index in [0.29, 0.717) is 10.0 Å². The van der Waals surface area contributed by atoms with E-state index in [-0.39, 0.29) is 12.4 Å². The van der Waals surface area contributed by atoms with Gasteiger partial charge in [-0.2, -0.15) is 5.26 Å². The van der Waals surface area contributed by atoms with E-state index in [9.17, 15) is 4.79 Å². The van der Waals surface area contributed by atoms with Crippen molar-refractivity contribution < 1.29 is 9.53 Å². The second-order valence-electron chi connectivity index (χ2n) is 2.64. The van der Waals surface area contributed by atoms with Gasteiger partial charge in [0.1, 0.15) is 6.07 Å². The number of rotatable bonds is 2. The third-order valence-electron chi connectivity index (χ3n) is 1.76. The zero-order valence-electron chi connectivity index (χ0n) is 7.58. The van der Waals surface area contributed by atoms with Gasteiger partial charge in [-0.3, -0.25) is 4.79 Å². The van der Waals surface area contributed by atoms with Gasteiger partial charge in [0.15, 0.2) is 0 Å². The van der Waals surface area contributed by atoms with Crippen LogP contribution in [0.25, 0.3) is 0 Å². The van der Waals surface area contributed by atoms with E-state index in [4.69, 9.17) is 5.26 Å². The Morgan fingerprint density at radius 3 is 2.93 bits per heavy atom. The summed E-state index contributed by atoms with van der Waals surface area (Å²) in [5, 5.41) is 8.74. The number of hydrogen-bond acceptors (Lipinski definition) is 3. The molecule has 72 valence electrons. The fraction of sp³-hybridized carbons (Fsp3) is 0.200. The number of nitrogens with zero attached hydrogens (tertiary/aromatic N) is 1. The molecule has 0 aliphatic heterocycles. The fourth-order valence-corrected chi connectivity index (χ4v) is 1.52. The van der Waals surface area contributed by atoms with Crippen molar-refractivity contribution in [2.75, 3.05) is 7.11 Å². The molecule has 1 rings (SSSR count). The summed E-state index contributed by atoms with van der Waals surface area (Å²) < 4.78 is 5.20. The summed E-state index contributed by atoms with van der Waals surface area (Å²) in [6.07, 6.45) is 0.173. The van der Waals surface area contributed by atoms with Crippen molar-refractivity contribution in [3.05, 3.63) is 33.8 Å². The molecule has 0 atom stereocenters. The van der Waals surface area contributed by atoms with Crippen molar-refractivity contribution in [2.45, 2.75) is 6.42 Å². The Hall–Kier alpha value is -1.34. The lowest BCUT2D eigenvalue weighted by Gasteiger charge is -2.03. The quantitative estimate of drug-likeness (QED) is 0.759. The average molecular weight is 254 g/mol. The van der Waals surface area contributed by atoms with Crippen molar-refractivity contribution in [1.82, 2.24) is 0 Å². The first-order chi connectivity index (χ1) is 6.69. The summed E-state index contributed by atoms with van der Waals surface area (Å²) in [5.74, 6) is -0.319. The van der Waals surface area contributed by atoms with Crippen LogP contribution in [0.4, 0.5) is 0 Å². The van der Waals surface area contributed by atoms with Gasteiger partial charge < -0.3 is 4.74 Å². The third kappa shape index (κ3) is 2.33. The molecule has 0 amide bonds. The SMILES string of the molecule is COC(=O)Cc1cccc(C#N)c1Br. The van der Waals surface area contributed by atoms with Crippen LogP contribution in [0.3, 0.4) is 0 Å². The first kappa shape index (κ1) is 10.7. The molecule has 1 aromatic carbocycles. The zero-order valence-corrected chi connectivity index (χ0v) is 9.17. The minimum atomic E-state index is -0.319. The second-order valence-corrected chi connectivity index (χ2v) is 3.44. The summed E-state index contributed by atoms with van der Waals surface area (Å²) in [6.45, 7) is 0. The van der Waals surface area contributed by atoms with E-state index in [1.165, 1.54) is 7.11 Å². The topological polar surface area (TPSA) is 50.1 Å². The number of nitriles is 1. The van der Waals surface area contributed by atoms with Crippen LogP contribution in [0, 0.1) is 11.3 Å². The predicted octanol–water partition coefficient (Wildman–Crippen LogP) is 2.04. The number of ether oxygens (including phenoxy) is 1. The molecule has 1 aromatic rings. The molecule has 0 aliphatic rings. The van der Waals surface area contributed by atoms with Gasteiger partial charge in [-0.1, -0.05) is 12.1 Å². The van der Waals surface area contributed by atoms with Gasteiger partial charge in [0, 0.05) is 4.47 Å². The van der Waals surface area contributed by atoms with E-state index in [0.717, 1.165) is 5.56 Å². The molecular formula is C10H8BrNO2. The summed E-state index contributed by atoms with van der Waals surface area (Å²) in [7, 11) is 1.34. The summed E-state index contributed by atoms with van der Waals surface area (Å²) in [6, 6.07) is 7.23. The number of hydrogen-bond donors (Lipinski definition) is 0. The standard InChI is InChI=1S/C10H8BrNO2/c1-14-9(13)5-7-3-2-4-8(6-12)10(7)11/h2-4H,5H2,1H3. The molecule has 14 heavy (non-hydrogen) atoms. The maximum absolute atomic E-state index is 11.0. The lowest BCUT2D eigenvalue weighted by Crippen LogP contribution is -2.05. The molecule has 0 spiro atoms. The predicted molar refractivity (Wildman–Crippen MR) is 54.6 cm³/mol. The third-order valence-corrected chi connectivity index (χ3v) is 2.70. The Labute approximate surface area is 90.4 Å².